The second-order valence-corrected chi connectivity index (χ2v) is 5.33. The highest BCUT2D eigenvalue weighted by molar-refractivity contribution is 6.03. The van der Waals surface area contributed by atoms with Gasteiger partial charge in [0, 0.05) is 11.1 Å². The standard InChI is InChI=1S/C18H20N2O4/c21-17-11-5-1-7-13(17)15(19-23)9-3-4-10-16(20-24)14-8-2-6-12-18(14)22/h1-2,5-8,11-12,21-24H,3-4,9-10H2. The maximum Gasteiger partial charge on any atom is 0.124 e. The predicted molar refractivity (Wildman–Crippen MR) is 91.3 cm³/mol. The highest BCUT2D eigenvalue weighted by Crippen LogP contribution is 2.22. The fraction of sp³-hybridized carbons (Fsp3) is 0.222. The van der Waals surface area contributed by atoms with E-state index >= 15 is 0 Å². The molecule has 0 amide bonds. The molecule has 0 heterocycles. The summed E-state index contributed by atoms with van der Waals surface area (Å²) in [7, 11) is 0. The van der Waals surface area contributed by atoms with Gasteiger partial charge in [0.05, 0.1) is 11.4 Å². The zero-order valence-electron chi connectivity index (χ0n) is 13.1. The zero-order valence-corrected chi connectivity index (χ0v) is 13.1. The molecule has 0 aliphatic rings. The normalized spacial score (nSPS) is 12.3. The number of unbranched alkanes of at least 4 members (excludes halogenated alkanes) is 1. The Balaban J connectivity index is 1.92. The van der Waals surface area contributed by atoms with Crippen LogP contribution in [-0.4, -0.2) is 32.1 Å². The molecule has 0 unspecified atom stereocenters. The molecule has 0 atom stereocenters. The lowest BCUT2D eigenvalue weighted by molar-refractivity contribution is 0.316. The summed E-state index contributed by atoms with van der Waals surface area (Å²) < 4.78 is 0. The first-order valence-electron chi connectivity index (χ1n) is 7.66. The van der Waals surface area contributed by atoms with Crippen LogP contribution in [0.25, 0.3) is 0 Å². The first-order chi connectivity index (χ1) is 11.7. The summed E-state index contributed by atoms with van der Waals surface area (Å²) in [4.78, 5) is 0. The van der Waals surface area contributed by atoms with Crippen LogP contribution in [-0.2, 0) is 0 Å². The minimum Gasteiger partial charge on any atom is -0.507 e. The zero-order chi connectivity index (χ0) is 17.4. The molecule has 0 aromatic heterocycles. The van der Waals surface area contributed by atoms with Crippen LogP contribution in [0.4, 0.5) is 0 Å². The maximum atomic E-state index is 9.80. The van der Waals surface area contributed by atoms with Crippen molar-refractivity contribution in [3.63, 3.8) is 0 Å². The summed E-state index contributed by atoms with van der Waals surface area (Å²) >= 11 is 0. The van der Waals surface area contributed by atoms with E-state index in [2.05, 4.69) is 10.3 Å². The van der Waals surface area contributed by atoms with Gasteiger partial charge in [-0.25, -0.2) is 0 Å². The summed E-state index contributed by atoms with van der Waals surface area (Å²) in [5.74, 6) is 0.134. The van der Waals surface area contributed by atoms with Crippen LogP contribution in [0, 0.1) is 0 Å². The lowest BCUT2D eigenvalue weighted by Crippen LogP contribution is -2.04. The van der Waals surface area contributed by atoms with Crippen molar-refractivity contribution in [3.8, 4) is 11.5 Å². The van der Waals surface area contributed by atoms with Crippen LogP contribution in [0.1, 0.15) is 36.8 Å². The molecule has 0 aliphatic carbocycles. The highest BCUT2D eigenvalue weighted by Gasteiger charge is 2.11. The molecule has 4 N–H and O–H groups in total. The van der Waals surface area contributed by atoms with E-state index in [1.165, 1.54) is 12.1 Å². The Hall–Kier alpha value is -3.02. The summed E-state index contributed by atoms with van der Waals surface area (Å²) in [6.45, 7) is 0. The number of aromatic hydroxyl groups is 2. The topological polar surface area (TPSA) is 106 Å². The number of para-hydroxylation sites is 2. The number of hydrogen-bond donors (Lipinski definition) is 4. The van der Waals surface area contributed by atoms with Gasteiger partial charge >= 0.3 is 0 Å². The minimum atomic E-state index is 0.0668. The Morgan fingerprint density at radius 3 is 1.38 bits per heavy atom. The first-order valence-corrected chi connectivity index (χ1v) is 7.66. The molecule has 0 fully saturated rings. The molecule has 0 saturated heterocycles. The monoisotopic (exact) mass is 328 g/mol. The molecule has 0 bridgehead atoms. The summed E-state index contributed by atoms with van der Waals surface area (Å²) in [5.41, 5.74) is 1.80. The third kappa shape index (κ3) is 4.25. The van der Waals surface area contributed by atoms with Crippen LogP contribution < -0.4 is 0 Å². The quantitative estimate of drug-likeness (QED) is 0.269. The van der Waals surface area contributed by atoms with Crippen LogP contribution in [0.2, 0.25) is 0 Å². The number of nitrogens with zero attached hydrogens (tertiary/aromatic N) is 2. The molecule has 0 radical (unpaired) electrons. The van der Waals surface area contributed by atoms with E-state index in [9.17, 15) is 10.2 Å². The second-order valence-electron chi connectivity index (χ2n) is 5.33. The third-order valence-electron chi connectivity index (χ3n) is 3.75. The smallest absolute Gasteiger partial charge is 0.124 e. The van der Waals surface area contributed by atoms with Crippen molar-refractivity contribution in [1.82, 2.24) is 0 Å². The van der Waals surface area contributed by atoms with Gasteiger partial charge in [0.1, 0.15) is 11.5 Å². The lowest BCUT2D eigenvalue weighted by atomic mass is 10.00. The van der Waals surface area contributed by atoms with Crippen molar-refractivity contribution < 1.29 is 20.6 Å². The van der Waals surface area contributed by atoms with Gasteiger partial charge in [-0.05, 0) is 49.9 Å². The van der Waals surface area contributed by atoms with Gasteiger partial charge in [-0.3, -0.25) is 0 Å². The predicted octanol–water partition coefficient (Wildman–Crippen LogP) is 3.72. The van der Waals surface area contributed by atoms with E-state index in [0.29, 0.717) is 48.2 Å². The molecule has 0 spiro atoms. The molecule has 0 aliphatic heterocycles. The van der Waals surface area contributed by atoms with E-state index in [0.717, 1.165) is 0 Å². The maximum absolute atomic E-state index is 9.80. The number of benzene rings is 2. The van der Waals surface area contributed by atoms with Gasteiger partial charge in [0.2, 0.25) is 0 Å². The molecule has 6 nitrogen and oxygen atoms in total. The first kappa shape index (κ1) is 17.3. The lowest BCUT2D eigenvalue weighted by Gasteiger charge is -2.08. The molecule has 2 aromatic carbocycles. The molecule has 2 aromatic rings. The van der Waals surface area contributed by atoms with Crippen molar-refractivity contribution in [1.29, 1.82) is 0 Å². The third-order valence-corrected chi connectivity index (χ3v) is 3.75. The van der Waals surface area contributed by atoms with Crippen molar-refractivity contribution in [3.05, 3.63) is 59.7 Å². The Morgan fingerprint density at radius 2 is 1.04 bits per heavy atom. The molecule has 6 heteroatoms. The van der Waals surface area contributed by atoms with Crippen LogP contribution in [0.15, 0.2) is 58.8 Å². The molecule has 2 rings (SSSR count). The summed E-state index contributed by atoms with van der Waals surface area (Å²) in [6.07, 6.45) is 2.27. The Kier molecular flexibility index (Phi) is 6.19. The SMILES string of the molecule is ON=C(CCCCC(=NO)c1ccccc1O)c1ccccc1O. The van der Waals surface area contributed by atoms with Crippen LogP contribution >= 0.6 is 0 Å². The molecule has 24 heavy (non-hydrogen) atoms. The summed E-state index contributed by atoms with van der Waals surface area (Å²) in [6, 6.07) is 13.4. The highest BCUT2D eigenvalue weighted by atomic mass is 16.4. The Morgan fingerprint density at radius 1 is 0.667 bits per heavy atom. The largest absolute Gasteiger partial charge is 0.507 e. The van der Waals surface area contributed by atoms with Gasteiger partial charge in [0.15, 0.2) is 0 Å². The molecular formula is C18H20N2O4. The van der Waals surface area contributed by atoms with Crippen molar-refractivity contribution in [2.75, 3.05) is 0 Å². The Labute approximate surface area is 140 Å². The van der Waals surface area contributed by atoms with Gasteiger partial charge in [-0.15, -0.1) is 0 Å². The second kappa shape index (κ2) is 8.57. The number of oxime groups is 2. The summed E-state index contributed by atoms with van der Waals surface area (Å²) in [5, 5.41) is 44.4. The fourth-order valence-electron chi connectivity index (χ4n) is 2.50. The number of phenolic OH excluding ortho intramolecular Hbond substituents is 2. The minimum absolute atomic E-state index is 0.0668. The van der Waals surface area contributed by atoms with Crippen LogP contribution in [0.3, 0.4) is 0 Å². The molecular weight excluding hydrogens is 308 g/mol. The van der Waals surface area contributed by atoms with E-state index in [1.54, 1.807) is 36.4 Å². The van der Waals surface area contributed by atoms with E-state index in [-0.39, 0.29) is 11.5 Å². The van der Waals surface area contributed by atoms with Gasteiger partial charge in [0.25, 0.3) is 0 Å². The average molecular weight is 328 g/mol. The van der Waals surface area contributed by atoms with E-state index < -0.39 is 0 Å². The van der Waals surface area contributed by atoms with Gasteiger partial charge < -0.3 is 20.6 Å². The fourth-order valence-corrected chi connectivity index (χ4v) is 2.50. The van der Waals surface area contributed by atoms with Gasteiger partial charge in [-0.1, -0.05) is 34.6 Å². The Bertz CT molecular complexity index is 678. The van der Waals surface area contributed by atoms with Crippen molar-refractivity contribution in [2.45, 2.75) is 25.7 Å². The van der Waals surface area contributed by atoms with Gasteiger partial charge in [-0.2, -0.15) is 0 Å². The van der Waals surface area contributed by atoms with Crippen molar-refractivity contribution >= 4 is 11.4 Å². The average Bonchev–Trinajstić information content (AvgIpc) is 2.60. The molecule has 0 saturated carbocycles. The molecule has 126 valence electrons. The number of rotatable bonds is 7. The van der Waals surface area contributed by atoms with Crippen molar-refractivity contribution in [2.24, 2.45) is 10.3 Å². The van der Waals surface area contributed by atoms with Crippen LogP contribution in [0.5, 0.6) is 11.5 Å². The number of phenols is 2. The number of hydrogen-bond acceptors (Lipinski definition) is 6. The van der Waals surface area contributed by atoms with E-state index in [1.807, 2.05) is 0 Å². The van der Waals surface area contributed by atoms with E-state index in [4.69, 9.17) is 10.4 Å².